The van der Waals surface area contributed by atoms with Crippen molar-refractivity contribution in [2.45, 2.75) is 66.0 Å². The number of hydrogen-bond donors (Lipinski definition) is 0. The van der Waals surface area contributed by atoms with Gasteiger partial charge in [-0.05, 0) is 80.3 Å². The molecule has 164 valence electrons. The van der Waals surface area contributed by atoms with Gasteiger partial charge in [-0.2, -0.15) is 0 Å². The van der Waals surface area contributed by atoms with Crippen LogP contribution in [0.4, 0.5) is 5.69 Å². The van der Waals surface area contributed by atoms with Crippen LogP contribution in [0.3, 0.4) is 0 Å². The second kappa shape index (κ2) is 6.19. The summed E-state index contributed by atoms with van der Waals surface area (Å²) in [5, 5.41) is 2.69. The van der Waals surface area contributed by atoms with E-state index in [2.05, 4.69) is 118 Å². The molecule has 1 aromatic heterocycles. The van der Waals surface area contributed by atoms with Gasteiger partial charge in [0.1, 0.15) is 0 Å². The molecule has 1 saturated heterocycles. The maximum Gasteiger partial charge on any atom is 0.0545 e. The van der Waals surface area contributed by atoms with Crippen LogP contribution in [0.1, 0.15) is 53.0 Å². The molecular weight excluding hydrogens is 388 g/mol. The van der Waals surface area contributed by atoms with E-state index in [0.717, 1.165) is 0 Å². The molecule has 2 fully saturated rings. The van der Waals surface area contributed by atoms with Gasteiger partial charge in [-0.1, -0.05) is 57.2 Å². The van der Waals surface area contributed by atoms with Crippen LogP contribution >= 0.6 is 0 Å². The Bertz CT molecular complexity index is 1360. The highest BCUT2D eigenvalue weighted by atomic mass is 15.3. The van der Waals surface area contributed by atoms with Gasteiger partial charge in [0.05, 0.1) is 11.0 Å². The SMILES string of the molecule is Cc1cc2c(cc1N1C(C)C3(C)CCC1(C)C3(C)C)c1ccccc1n2-c1ccccc1. The van der Waals surface area contributed by atoms with Crippen molar-refractivity contribution in [1.29, 1.82) is 0 Å². The topological polar surface area (TPSA) is 8.17 Å². The van der Waals surface area contributed by atoms with E-state index < -0.39 is 0 Å². The second-order valence-corrected chi connectivity index (χ2v) is 11.2. The number of fused-ring (bicyclic) bond motifs is 5. The first-order chi connectivity index (χ1) is 15.2. The van der Waals surface area contributed by atoms with Gasteiger partial charge in [0.15, 0.2) is 0 Å². The van der Waals surface area contributed by atoms with Gasteiger partial charge in [0, 0.05) is 33.7 Å². The third-order valence-electron chi connectivity index (χ3n) is 10.0. The van der Waals surface area contributed by atoms with Crippen molar-refractivity contribution in [3.05, 3.63) is 72.3 Å². The average molecular weight is 423 g/mol. The zero-order valence-corrected chi connectivity index (χ0v) is 20.2. The third-order valence-corrected chi connectivity index (χ3v) is 10.0. The summed E-state index contributed by atoms with van der Waals surface area (Å²) in [6.07, 6.45) is 2.59. The number of aryl methyl sites for hydroxylation is 1. The van der Waals surface area contributed by atoms with Gasteiger partial charge >= 0.3 is 0 Å². The maximum absolute atomic E-state index is 2.79. The van der Waals surface area contributed by atoms with Crippen molar-refractivity contribution in [3.8, 4) is 5.69 Å². The first-order valence-electron chi connectivity index (χ1n) is 12.1. The number of piperidine rings is 1. The number of hydrogen-bond acceptors (Lipinski definition) is 1. The molecule has 6 rings (SSSR count). The lowest BCUT2D eigenvalue weighted by Crippen LogP contribution is -2.50. The van der Waals surface area contributed by atoms with Gasteiger partial charge in [-0.3, -0.25) is 0 Å². The Labute approximate surface area is 191 Å². The van der Waals surface area contributed by atoms with E-state index in [1.807, 2.05) is 0 Å². The highest BCUT2D eigenvalue weighted by Crippen LogP contribution is 2.69. The minimum atomic E-state index is 0.178. The molecule has 0 amide bonds. The van der Waals surface area contributed by atoms with E-state index in [4.69, 9.17) is 0 Å². The minimum Gasteiger partial charge on any atom is -0.362 e. The fraction of sp³-hybridized carbons (Fsp3) is 0.400. The van der Waals surface area contributed by atoms with Crippen LogP contribution in [0.25, 0.3) is 27.5 Å². The molecule has 1 saturated carbocycles. The predicted octanol–water partition coefficient (Wildman–Crippen LogP) is 7.89. The molecule has 32 heavy (non-hydrogen) atoms. The summed E-state index contributed by atoms with van der Waals surface area (Å²) in [6, 6.07) is 25.1. The molecule has 2 heterocycles. The second-order valence-electron chi connectivity index (χ2n) is 11.2. The van der Waals surface area contributed by atoms with E-state index in [9.17, 15) is 0 Å². The van der Waals surface area contributed by atoms with Gasteiger partial charge in [0.2, 0.25) is 0 Å². The minimum absolute atomic E-state index is 0.178. The normalized spacial score (nSPS) is 28.8. The molecule has 1 aliphatic heterocycles. The molecule has 2 nitrogen and oxygen atoms in total. The number of para-hydroxylation sites is 2. The molecule has 3 atom stereocenters. The fourth-order valence-electron chi connectivity index (χ4n) is 7.31. The van der Waals surface area contributed by atoms with Crippen LogP contribution in [0.5, 0.6) is 0 Å². The zero-order chi connectivity index (χ0) is 22.5. The first kappa shape index (κ1) is 19.9. The molecule has 2 heteroatoms. The number of benzene rings is 3. The fourth-order valence-corrected chi connectivity index (χ4v) is 7.31. The highest BCUT2D eigenvalue weighted by Gasteiger charge is 2.70. The standard InChI is InChI=1S/C30H34N2/c1-20-18-27-24(23-14-10-11-15-25(23)31(27)22-12-8-7-9-13-22)19-26(20)32-21(2)29(5)16-17-30(32,6)28(29,3)4/h7-15,18-19,21H,16-17H2,1-6H3. The van der Waals surface area contributed by atoms with Gasteiger partial charge in [0.25, 0.3) is 0 Å². The summed E-state index contributed by atoms with van der Waals surface area (Å²) >= 11 is 0. The molecular formula is C30H34N2. The molecule has 0 N–H and O–H groups in total. The summed E-state index contributed by atoms with van der Waals surface area (Å²) in [4.78, 5) is 2.79. The Morgan fingerprint density at radius 3 is 2.16 bits per heavy atom. The van der Waals surface area contributed by atoms with Gasteiger partial charge < -0.3 is 9.47 Å². The molecule has 4 aromatic rings. The van der Waals surface area contributed by atoms with Crippen LogP contribution in [-0.4, -0.2) is 16.1 Å². The van der Waals surface area contributed by atoms with Crippen molar-refractivity contribution in [3.63, 3.8) is 0 Å². The predicted molar refractivity (Wildman–Crippen MR) is 137 cm³/mol. The summed E-state index contributed by atoms with van der Waals surface area (Å²) in [5.74, 6) is 0. The maximum atomic E-state index is 2.79. The van der Waals surface area contributed by atoms with Crippen LogP contribution in [-0.2, 0) is 0 Å². The lowest BCUT2D eigenvalue weighted by atomic mass is 9.65. The summed E-state index contributed by atoms with van der Waals surface area (Å²) in [7, 11) is 0. The van der Waals surface area contributed by atoms with Crippen molar-refractivity contribution < 1.29 is 0 Å². The van der Waals surface area contributed by atoms with Crippen molar-refractivity contribution in [1.82, 2.24) is 4.57 Å². The van der Waals surface area contributed by atoms with Crippen LogP contribution in [0, 0.1) is 17.8 Å². The lowest BCUT2D eigenvalue weighted by Gasteiger charge is -2.45. The summed E-state index contributed by atoms with van der Waals surface area (Å²) in [6.45, 7) is 14.8. The smallest absolute Gasteiger partial charge is 0.0545 e. The molecule has 0 radical (unpaired) electrons. The average Bonchev–Trinajstić information content (AvgIpc) is 3.23. The van der Waals surface area contributed by atoms with E-state index in [1.54, 1.807) is 0 Å². The molecule has 3 unspecified atom stereocenters. The number of aromatic nitrogens is 1. The number of rotatable bonds is 2. The van der Waals surface area contributed by atoms with Crippen LogP contribution < -0.4 is 4.90 Å². The van der Waals surface area contributed by atoms with Gasteiger partial charge in [-0.15, -0.1) is 0 Å². The highest BCUT2D eigenvalue weighted by molar-refractivity contribution is 6.10. The Morgan fingerprint density at radius 2 is 1.47 bits per heavy atom. The quantitative estimate of drug-likeness (QED) is 0.319. The van der Waals surface area contributed by atoms with Gasteiger partial charge in [-0.25, -0.2) is 0 Å². The molecule has 0 spiro atoms. The Balaban J connectivity index is 1.64. The monoisotopic (exact) mass is 422 g/mol. The summed E-state index contributed by atoms with van der Waals surface area (Å²) in [5.41, 5.74) is 7.38. The van der Waals surface area contributed by atoms with E-state index >= 15 is 0 Å². The Hall–Kier alpha value is -2.74. The van der Waals surface area contributed by atoms with E-state index in [-0.39, 0.29) is 11.0 Å². The summed E-state index contributed by atoms with van der Waals surface area (Å²) < 4.78 is 2.42. The van der Waals surface area contributed by atoms with Crippen LogP contribution in [0.15, 0.2) is 66.7 Å². The lowest BCUT2D eigenvalue weighted by molar-refractivity contribution is 0.132. The molecule has 3 aromatic carbocycles. The molecule has 2 aliphatic rings. The van der Waals surface area contributed by atoms with E-state index in [1.165, 1.54) is 51.6 Å². The van der Waals surface area contributed by atoms with Crippen molar-refractivity contribution in [2.24, 2.45) is 10.8 Å². The molecule has 2 bridgehead atoms. The number of anilines is 1. The van der Waals surface area contributed by atoms with E-state index in [0.29, 0.717) is 11.5 Å². The third kappa shape index (κ3) is 2.16. The van der Waals surface area contributed by atoms with Crippen LogP contribution in [0.2, 0.25) is 0 Å². The van der Waals surface area contributed by atoms with Crippen molar-refractivity contribution in [2.75, 3.05) is 4.90 Å². The molecule has 1 aliphatic carbocycles. The van der Waals surface area contributed by atoms with Crippen molar-refractivity contribution >= 4 is 27.5 Å². The first-order valence-corrected chi connectivity index (χ1v) is 12.1. The largest absolute Gasteiger partial charge is 0.362 e. The Kier molecular flexibility index (Phi) is 3.85. The number of nitrogens with zero attached hydrogens (tertiary/aromatic N) is 2. The Morgan fingerprint density at radius 1 is 0.781 bits per heavy atom. The zero-order valence-electron chi connectivity index (χ0n) is 20.2.